The Labute approximate surface area is 344 Å². The Kier molecular flexibility index (Phi) is 15.9. The van der Waals surface area contributed by atoms with E-state index in [9.17, 15) is 10.2 Å². The van der Waals surface area contributed by atoms with E-state index in [-0.39, 0.29) is 5.75 Å². The van der Waals surface area contributed by atoms with E-state index in [1.165, 1.54) is 0 Å². The molecule has 0 spiro atoms. The van der Waals surface area contributed by atoms with Crippen LogP contribution in [0.5, 0.6) is 23.0 Å². The molecule has 1 aromatic heterocycles. The van der Waals surface area contributed by atoms with Gasteiger partial charge in [-0.15, -0.1) is 16.7 Å². The number of phenolic OH excluding ortho intramolecular Hbond substituents is 1. The normalized spacial score (nSPS) is 21.2. The van der Waals surface area contributed by atoms with Crippen molar-refractivity contribution in [2.45, 2.75) is 123 Å². The minimum absolute atomic E-state index is 0.179. The number of methoxy groups -OCH3 is 1. The summed E-state index contributed by atoms with van der Waals surface area (Å²) in [5, 5.41) is 30.8. The fraction of sp³-hybridized carbons (Fsp3) is 0.600. The number of nitrogens with two attached hydrogens (primary N) is 1. The summed E-state index contributed by atoms with van der Waals surface area (Å²) < 4.78 is 32.0. The Bertz CT molecular complexity index is 1820. The van der Waals surface area contributed by atoms with Gasteiger partial charge in [0.25, 0.3) is 0 Å². The number of phenols is 1. The maximum atomic E-state index is 11.2. The van der Waals surface area contributed by atoms with Crippen LogP contribution in [0.15, 0.2) is 42.1 Å². The molecule has 3 aromatic rings. The van der Waals surface area contributed by atoms with Crippen molar-refractivity contribution in [3.05, 3.63) is 70.1 Å². The lowest BCUT2D eigenvalue weighted by Gasteiger charge is -2.61. The van der Waals surface area contributed by atoms with Crippen molar-refractivity contribution in [1.82, 2.24) is 15.0 Å². The highest BCUT2D eigenvalue weighted by Crippen LogP contribution is 2.56. The summed E-state index contributed by atoms with van der Waals surface area (Å²) in [4.78, 5) is 0. The maximum absolute atomic E-state index is 11.2. The van der Waals surface area contributed by atoms with Gasteiger partial charge in [-0.05, 0) is 108 Å². The van der Waals surface area contributed by atoms with E-state index < -0.39 is 22.7 Å². The van der Waals surface area contributed by atoms with Crippen molar-refractivity contribution < 1.29 is 33.9 Å². The third-order valence-corrected chi connectivity index (χ3v) is 12.1. The average Bonchev–Trinajstić information content (AvgIpc) is 3.63. The predicted molar refractivity (Wildman–Crippen MR) is 227 cm³/mol. The summed E-state index contributed by atoms with van der Waals surface area (Å²) in [5.41, 5.74) is 10.6. The minimum atomic E-state index is -0.789. The van der Waals surface area contributed by atoms with Gasteiger partial charge < -0.3 is 39.6 Å². The van der Waals surface area contributed by atoms with Crippen LogP contribution in [0.4, 0.5) is 0 Å². The SMILES string of the molecule is COc1cc(/C=C/c2cc(O)c(CC=C(C)C)c(OCCCc3cn(CCOCCOCCCCCCCl)nn3)c2)cc2c1O[C@]1(C)CC[C@@H](O)C(C)(C)[C@@]1(N)C2. The molecule has 4 N–H and O–H groups in total. The van der Waals surface area contributed by atoms with Gasteiger partial charge in [-0.3, -0.25) is 0 Å². The summed E-state index contributed by atoms with van der Waals surface area (Å²) >= 11 is 5.72. The summed E-state index contributed by atoms with van der Waals surface area (Å²) in [6.45, 7) is 13.7. The molecule has 2 aromatic carbocycles. The zero-order valence-electron chi connectivity index (χ0n) is 34.9. The van der Waals surface area contributed by atoms with Gasteiger partial charge in [-0.2, -0.15) is 0 Å². The fourth-order valence-electron chi connectivity index (χ4n) is 7.95. The number of halogens is 1. The Balaban J connectivity index is 1.19. The molecule has 5 rings (SSSR count). The first-order valence-electron chi connectivity index (χ1n) is 20.6. The van der Waals surface area contributed by atoms with Gasteiger partial charge in [-0.25, -0.2) is 4.68 Å². The summed E-state index contributed by atoms with van der Waals surface area (Å²) in [7, 11) is 1.64. The van der Waals surface area contributed by atoms with Gasteiger partial charge in [0.05, 0.1) is 57.4 Å². The van der Waals surface area contributed by atoms with Crippen LogP contribution < -0.4 is 19.9 Å². The van der Waals surface area contributed by atoms with Crippen LogP contribution in [0.3, 0.4) is 0 Å². The van der Waals surface area contributed by atoms with Crippen LogP contribution in [0.25, 0.3) is 12.2 Å². The molecule has 1 aliphatic heterocycles. The molecule has 0 saturated heterocycles. The molecule has 2 heterocycles. The fourth-order valence-corrected chi connectivity index (χ4v) is 8.14. The van der Waals surface area contributed by atoms with Gasteiger partial charge >= 0.3 is 0 Å². The van der Waals surface area contributed by atoms with Gasteiger partial charge in [0.1, 0.15) is 17.1 Å². The van der Waals surface area contributed by atoms with Crippen LogP contribution in [-0.2, 0) is 35.3 Å². The van der Waals surface area contributed by atoms with E-state index in [0.717, 1.165) is 78.1 Å². The lowest BCUT2D eigenvalue weighted by atomic mass is 9.53. The lowest BCUT2D eigenvalue weighted by molar-refractivity contribution is -0.154. The molecule has 0 unspecified atom stereocenters. The molecular weight excluding hydrogens is 744 g/mol. The number of allylic oxidation sites excluding steroid dienone is 2. The number of hydrogen-bond donors (Lipinski definition) is 3. The second kappa shape index (κ2) is 20.4. The number of aryl methyl sites for hydroxylation is 1. The van der Waals surface area contributed by atoms with E-state index in [4.69, 9.17) is 41.0 Å². The highest BCUT2D eigenvalue weighted by atomic mass is 35.5. The number of aliphatic hydroxyl groups excluding tert-OH is 1. The van der Waals surface area contributed by atoms with Crippen LogP contribution in [-0.4, -0.2) is 88.5 Å². The molecule has 3 atom stereocenters. The molecule has 1 fully saturated rings. The number of benzene rings is 2. The number of aromatic nitrogens is 3. The predicted octanol–water partition coefficient (Wildman–Crippen LogP) is 8.09. The molecule has 1 saturated carbocycles. The van der Waals surface area contributed by atoms with Crippen LogP contribution >= 0.6 is 11.6 Å². The monoisotopic (exact) mass is 808 g/mol. The van der Waals surface area contributed by atoms with Gasteiger partial charge in [0.2, 0.25) is 0 Å². The summed E-state index contributed by atoms with van der Waals surface area (Å²) in [6, 6.07) is 7.77. The van der Waals surface area contributed by atoms with Crippen LogP contribution in [0.1, 0.15) is 108 Å². The highest BCUT2D eigenvalue weighted by Gasteiger charge is 2.63. The van der Waals surface area contributed by atoms with Crippen molar-refractivity contribution in [2.24, 2.45) is 11.1 Å². The molecule has 2 aliphatic rings. The van der Waals surface area contributed by atoms with E-state index in [1.807, 2.05) is 58.2 Å². The average molecular weight is 809 g/mol. The number of fused-ring (bicyclic) bond motifs is 2. The third-order valence-electron chi connectivity index (χ3n) is 11.8. The Hall–Kier alpha value is -3.61. The Morgan fingerprint density at radius 2 is 1.68 bits per heavy atom. The number of aromatic hydroxyl groups is 1. The quantitative estimate of drug-likeness (QED) is 0.0395. The Morgan fingerprint density at radius 1 is 0.965 bits per heavy atom. The highest BCUT2D eigenvalue weighted by molar-refractivity contribution is 6.17. The van der Waals surface area contributed by atoms with Gasteiger partial charge in [-0.1, -0.05) is 55.7 Å². The smallest absolute Gasteiger partial charge is 0.165 e. The molecule has 12 heteroatoms. The first kappa shape index (κ1) is 44.5. The first-order chi connectivity index (χ1) is 27.3. The topological polar surface area (TPSA) is 143 Å². The van der Waals surface area contributed by atoms with Crippen LogP contribution in [0.2, 0.25) is 0 Å². The van der Waals surface area contributed by atoms with Crippen LogP contribution in [0, 0.1) is 5.41 Å². The molecule has 57 heavy (non-hydrogen) atoms. The van der Waals surface area contributed by atoms with E-state index in [2.05, 4.69) is 29.4 Å². The van der Waals surface area contributed by atoms with Crippen molar-refractivity contribution in [2.75, 3.05) is 46.0 Å². The van der Waals surface area contributed by atoms with Crippen molar-refractivity contribution in [1.29, 1.82) is 0 Å². The number of unbranched alkanes of at least 4 members (excludes halogenated alkanes) is 3. The molecule has 0 bridgehead atoms. The van der Waals surface area contributed by atoms with Gasteiger partial charge in [0, 0.05) is 35.2 Å². The van der Waals surface area contributed by atoms with E-state index >= 15 is 0 Å². The largest absolute Gasteiger partial charge is 0.507 e. The number of alkyl halides is 1. The molecule has 11 nitrogen and oxygen atoms in total. The first-order valence-corrected chi connectivity index (χ1v) is 21.1. The van der Waals surface area contributed by atoms with E-state index in [1.54, 1.807) is 17.9 Å². The molecule has 314 valence electrons. The van der Waals surface area contributed by atoms with E-state index in [0.29, 0.717) is 82.3 Å². The number of hydrogen-bond acceptors (Lipinski definition) is 10. The standard InChI is InChI=1S/C45H65ClN4O7/c1-32(2)13-16-37-38(51)27-34(15-14-33-26-35-30-45(47)43(3,4)41(52)17-18-44(45,5)57-42(35)40(29-33)53-6)28-39(37)56-22-11-12-36-31-50(49-48-36)20-23-55-25-24-54-21-10-8-7-9-19-46/h13-15,26-29,31,41,51-52H,7-12,16-25,30,47H2,1-6H3/b15-14+/t41-,44-,45+/m1/s1. The third kappa shape index (κ3) is 11.1. The zero-order chi connectivity index (χ0) is 41.1. The second-order valence-electron chi connectivity index (χ2n) is 16.6. The molecule has 0 amide bonds. The van der Waals surface area contributed by atoms with Crippen molar-refractivity contribution in [3.8, 4) is 23.0 Å². The lowest BCUT2D eigenvalue weighted by Crippen LogP contribution is -2.76. The molecule has 1 aliphatic carbocycles. The Morgan fingerprint density at radius 3 is 2.42 bits per heavy atom. The minimum Gasteiger partial charge on any atom is -0.507 e. The summed E-state index contributed by atoms with van der Waals surface area (Å²) in [5.74, 6) is 2.89. The summed E-state index contributed by atoms with van der Waals surface area (Å²) in [6.07, 6.45) is 15.7. The number of ether oxygens (including phenoxy) is 5. The maximum Gasteiger partial charge on any atom is 0.165 e. The molecule has 0 radical (unpaired) electrons. The van der Waals surface area contributed by atoms with Gasteiger partial charge in [0.15, 0.2) is 11.5 Å². The number of aliphatic hydroxyl groups is 1. The second-order valence-corrected chi connectivity index (χ2v) is 16.9. The zero-order valence-corrected chi connectivity index (χ0v) is 35.7. The number of nitrogens with zero attached hydrogens (tertiary/aromatic N) is 3. The van der Waals surface area contributed by atoms with Crippen molar-refractivity contribution >= 4 is 23.8 Å². The molecular formula is C45H65ClN4O7. The van der Waals surface area contributed by atoms with Crippen molar-refractivity contribution in [3.63, 3.8) is 0 Å². The number of rotatable bonds is 22.